The molecule has 4 aliphatic carbocycles. The first-order valence-corrected chi connectivity index (χ1v) is 21.0. The molecule has 2 aromatic carbocycles. The zero-order valence-electron chi connectivity index (χ0n) is 34.2. The number of carbonyl (C=O) groups is 1. The van der Waals surface area contributed by atoms with Crippen LogP contribution in [0.4, 0.5) is 0 Å². The first-order chi connectivity index (χ1) is 27.2. The molecule has 7 unspecified atom stereocenters. The fourth-order valence-corrected chi connectivity index (χ4v) is 12.8. The van der Waals surface area contributed by atoms with Gasteiger partial charge in [-0.1, -0.05) is 12.1 Å². The van der Waals surface area contributed by atoms with Crippen LogP contribution < -0.4 is 18.9 Å². The van der Waals surface area contributed by atoms with Gasteiger partial charge in [-0.3, -0.25) is 4.79 Å². The Hall–Kier alpha value is -3.01. The summed E-state index contributed by atoms with van der Waals surface area (Å²) in [4.78, 5) is 17.2. The maximum Gasteiger partial charge on any atom is 0.207 e. The van der Waals surface area contributed by atoms with Crippen molar-refractivity contribution < 1.29 is 53.6 Å². The zero-order chi connectivity index (χ0) is 40.3. The number of ketones is 1. The molecule has 2 saturated carbocycles. The maximum atomic E-state index is 12.7. The van der Waals surface area contributed by atoms with Gasteiger partial charge in [-0.2, -0.15) is 0 Å². The maximum absolute atomic E-state index is 12.7. The molecule has 0 amide bonds. The summed E-state index contributed by atoms with van der Waals surface area (Å²) in [5.41, 5.74) is 1.78. The fraction of sp³-hybridized carbons (Fsp3) is 0.705. The molecule has 4 bridgehead atoms. The van der Waals surface area contributed by atoms with E-state index in [4.69, 9.17) is 38.6 Å². The van der Waals surface area contributed by atoms with Crippen LogP contribution in [-0.4, -0.2) is 144 Å². The van der Waals surface area contributed by atoms with Crippen LogP contribution in [0.5, 0.6) is 23.0 Å². The van der Waals surface area contributed by atoms with Gasteiger partial charge in [0.05, 0.1) is 55.1 Å². The molecule has 5 heterocycles. The SMILES string of the molecule is CC(O)CCO.COc1ccc2c3c1OC1C(=O)CCC4(O)[C@@H](C2)N(C)CC[C@]314.COc1ccc2c3c1OC1C4(CCC5(O)[C@@H](C2)N(C)CC[C@]315)OCCC(C)O4. The molecule has 57 heavy (non-hydrogen) atoms. The van der Waals surface area contributed by atoms with Crippen molar-refractivity contribution in [1.82, 2.24) is 9.80 Å². The fourth-order valence-electron chi connectivity index (χ4n) is 12.8. The summed E-state index contributed by atoms with van der Waals surface area (Å²) >= 11 is 0. The number of rotatable bonds is 4. The molecule has 0 aromatic heterocycles. The van der Waals surface area contributed by atoms with Crippen molar-refractivity contribution in [2.24, 2.45) is 0 Å². The second-order valence-corrected chi connectivity index (χ2v) is 18.2. The van der Waals surface area contributed by atoms with E-state index < -0.39 is 33.9 Å². The van der Waals surface area contributed by atoms with Crippen molar-refractivity contribution in [3.8, 4) is 23.0 Å². The zero-order valence-corrected chi connectivity index (χ0v) is 34.2. The summed E-state index contributed by atoms with van der Waals surface area (Å²) in [5.74, 6) is 2.19. The van der Waals surface area contributed by atoms with Gasteiger partial charge in [0.1, 0.15) is 0 Å². The van der Waals surface area contributed by atoms with Gasteiger partial charge in [0, 0.05) is 42.7 Å². The summed E-state index contributed by atoms with van der Waals surface area (Å²) in [6.07, 6.45) is 5.65. The van der Waals surface area contributed by atoms with E-state index in [1.165, 1.54) is 11.1 Å². The molecule has 9 aliphatic rings. The van der Waals surface area contributed by atoms with Crippen LogP contribution in [-0.2, 0) is 37.9 Å². The Balaban J connectivity index is 0.000000132. The van der Waals surface area contributed by atoms with Gasteiger partial charge in [0.2, 0.25) is 5.79 Å². The Morgan fingerprint density at radius 2 is 1.42 bits per heavy atom. The molecule has 11 atom stereocenters. The number of likely N-dealkylation sites (N-methyl/N-ethyl adjacent to an activating group) is 2. The van der Waals surface area contributed by atoms with Gasteiger partial charge in [-0.15, -0.1) is 0 Å². The first-order valence-electron chi connectivity index (χ1n) is 21.0. The Morgan fingerprint density at radius 1 is 0.842 bits per heavy atom. The van der Waals surface area contributed by atoms with Gasteiger partial charge in [-0.05, 0) is 116 Å². The average Bonchev–Trinajstić information content (AvgIpc) is 3.74. The third-order valence-corrected chi connectivity index (χ3v) is 15.5. The van der Waals surface area contributed by atoms with E-state index in [-0.39, 0.29) is 42.8 Å². The lowest BCUT2D eigenvalue weighted by molar-refractivity contribution is -0.364. The minimum absolute atomic E-state index is 0.0438. The summed E-state index contributed by atoms with van der Waals surface area (Å²) in [5, 5.41) is 40.5. The number of benzene rings is 2. The number of likely N-dealkylation sites (tertiary alicyclic amines) is 2. The van der Waals surface area contributed by atoms with E-state index in [1.54, 1.807) is 21.1 Å². The standard InChI is InChI=1S/C22H29NO5.C18H21NO4.C4H10O2/c1-13-6-11-26-22(28-13)8-7-21(24)16-12-14-4-5-15(25-3)18-17(14)20(21,19(22)27-18)9-10-23(16)2;1-19-8-7-17-14-10-3-4-12(22-2)15(14)23-16(17)11(20)5-6-18(17,21)13(19)9-10;1-4(6)2-3-5/h4-5,13,16,19,24H,6-12H2,1-3H3;3-4,13,16,21H,5-9H2,1-2H3;4-6H,2-3H2,1H3/t13?,16-,19?,20+,21?,22?;13-,16?,17+,18?;/m11./s1. The number of fused-ring (bicyclic) bond motifs is 1. The molecule has 2 aromatic rings. The number of Topliss-reactive ketones (excluding diaryl/α,β-unsaturated/α-hetero) is 1. The van der Waals surface area contributed by atoms with Crippen LogP contribution in [0.25, 0.3) is 0 Å². The number of methoxy groups -OCH3 is 2. The van der Waals surface area contributed by atoms with Gasteiger partial charge >= 0.3 is 0 Å². The van der Waals surface area contributed by atoms with Gasteiger partial charge in [-0.25, -0.2) is 0 Å². The van der Waals surface area contributed by atoms with Crippen LogP contribution in [0.1, 0.15) is 87.5 Å². The molecule has 0 radical (unpaired) electrons. The third-order valence-electron chi connectivity index (χ3n) is 15.5. The molecule has 3 saturated heterocycles. The average molecular weight is 793 g/mol. The predicted molar refractivity (Wildman–Crippen MR) is 208 cm³/mol. The van der Waals surface area contributed by atoms with E-state index in [0.717, 1.165) is 67.8 Å². The Morgan fingerprint density at radius 3 is 1.98 bits per heavy atom. The second-order valence-electron chi connectivity index (χ2n) is 18.2. The molecule has 3 spiro atoms. The monoisotopic (exact) mass is 792 g/mol. The lowest BCUT2D eigenvalue weighted by atomic mass is 9.48. The lowest BCUT2D eigenvalue weighted by Gasteiger charge is -2.65. The Labute approximate surface area is 335 Å². The number of ether oxygens (including phenoxy) is 6. The molecule has 4 N–H and O–H groups in total. The molecule has 13 heteroatoms. The van der Waals surface area contributed by atoms with Crippen LogP contribution >= 0.6 is 0 Å². The van der Waals surface area contributed by atoms with Crippen molar-refractivity contribution in [3.05, 3.63) is 46.5 Å². The van der Waals surface area contributed by atoms with E-state index >= 15 is 0 Å². The van der Waals surface area contributed by atoms with Crippen LogP contribution in [0, 0.1) is 0 Å². The normalized spacial score (nSPS) is 40.6. The topological polar surface area (TPSA) is 160 Å². The summed E-state index contributed by atoms with van der Waals surface area (Å²) in [6.45, 7) is 6.30. The van der Waals surface area contributed by atoms with E-state index in [9.17, 15) is 15.0 Å². The van der Waals surface area contributed by atoms with E-state index in [1.807, 2.05) is 12.1 Å². The van der Waals surface area contributed by atoms with Gasteiger partial charge in [0.15, 0.2) is 41.0 Å². The highest BCUT2D eigenvalue weighted by Gasteiger charge is 2.77. The van der Waals surface area contributed by atoms with Crippen molar-refractivity contribution in [1.29, 1.82) is 0 Å². The minimum atomic E-state index is -0.900. The Bertz CT molecular complexity index is 1930. The Kier molecular flexibility index (Phi) is 9.53. The molecular weight excluding hydrogens is 732 g/mol. The third kappa shape index (κ3) is 5.19. The predicted octanol–water partition coefficient (Wildman–Crippen LogP) is 2.80. The largest absolute Gasteiger partial charge is 0.493 e. The first kappa shape index (κ1) is 39.5. The molecule has 11 rings (SSSR count). The highest BCUT2D eigenvalue weighted by atomic mass is 16.7. The second kappa shape index (κ2) is 13.8. The molecule has 13 nitrogen and oxygen atoms in total. The van der Waals surface area contributed by atoms with Gasteiger partial charge in [0.25, 0.3) is 0 Å². The number of carbonyl (C=O) groups excluding carboxylic acids is 1. The molecule has 5 aliphatic heterocycles. The van der Waals surface area contributed by atoms with Crippen molar-refractivity contribution in [2.45, 2.75) is 142 Å². The van der Waals surface area contributed by atoms with Crippen molar-refractivity contribution in [3.63, 3.8) is 0 Å². The van der Waals surface area contributed by atoms with Crippen molar-refractivity contribution >= 4 is 5.78 Å². The molecule has 312 valence electrons. The van der Waals surface area contributed by atoms with Gasteiger partial charge < -0.3 is 58.6 Å². The summed E-state index contributed by atoms with van der Waals surface area (Å²) < 4.78 is 36.8. The number of nitrogens with zero attached hydrogens (tertiary/aromatic N) is 2. The van der Waals surface area contributed by atoms with Crippen LogP contribution in [0.2, 0.25) is 0 Å². The summed E-state index contributed by atoms with van der Waals surface area (Å²) in [6, 6.07) is 8.28. The van der Waals surface area contributed by atoms with Crippen LogP contribution in [0.15, 0.2) is 24.3 Å². The number of piperidine rings is 2. The highest BCUT2D eigenvalue weighted by Crippen LogP contribution is 2.68. The highest BCUT2D eigenvalue weighted by molar-refractivity contribution is 5.90. The van der Waals surface area contributed by atoms with E-state index in [2.05, 4.69) is 43.0 Å². The minimum Gasteiger partial charge on any atom is -0.493 e. The quantitative estimate of drug-likeness (QED) is 0.359. The van der Waals surface area contributed by atoms with Crippen LogP contribution in [0.3, 0.4) is 0 Å². The van der Waals surface area contributed by atoms with E-state index in [0.29, 0.717) is 50.2 Å². The molecule has 5 fully saturated rings. The lowest BCUT2D eigenvalue weighted by Crippen LogP contribution is -2.79. The summed E-state index contributed by atoms with van der Waals surface area (Å²) in [7, 11) is 7.51. The number of aliphatic hydroxyl groups is 4. The number of hydrogen-bond acceptors (Lipinski definition) is 13. The van der Waals surface area contributed by atoms with Crippen molar-refractivity contribution in [2.75, 3.05) is 54.6 Å². The number of hydrogen-bond donors (Lipinski definition) is 4. The number of aliphatic hydroxyl groups excluding tert-OH is 2. The smallest absolute Gasteiger partial charge is 0.207 e. The molecular formula is C44H60N2O11.